The smallest absolute Gasteiger partial charge is 0.0556 e. The number of nitrogens with one attached hydrogen (secondary N) is 1. The van der Waals surface area contributed by atoms with Gasteiger partial charge in [0, 0.05) is 13.1 Å². The van der Waals surface area contributed by atoms with Crippen molar-refractivity contribution in [2.75, 3.05) is 13.2 Å². The molecule has 0 aromatic heterocycles. The lowest BCUT2D eigenvalue weighted by molar-refractivity contribution is 0.292. The molecule has 0 saturated carbocycles. The van der Waals surface area contributed by atoms with Crippen LogP contribution in [0.1, 0.15) is 51.2 Å². The van der Waals surface area contributed by atoms with E-state index in [0.717, 1.165) is 6.54 Å². The molecule has 1 aromatic carbocycles. The maximum atomic E-state index is 8.82. The van der Waals surface area contributed by atoms with Crippen LogP contribution in [0.3, 0.4) is 0 Å². The van der Waals surface area contributed by atoms with Crippen LogP contribution in [0.25, 0.3) is 6.08 Å². The summed E-state index contributed by atoms with van der Waals surface area (Å²) in [5.41, 5.74) is 5.82. The molecule has 0 unspecified atom stereocenters. The van der Waals surface area contributed by atoms with E-state index in [1.165, 1.54) is 41.5 Å². The van der Waals surface area contributed by atoms with Crippen molar-refractivity contribution in [3.8, 4) is 0 Å². The molecule has 0 amide bonds. The van der Waals surface area contributed by atoms with Crippen molar-refractivity contribution in [3.63, 3.8) is 0 Å². The highest BCUT2D eigenvalue weighted by Crippen LogP contribution is 2.40. The van der Waals surface area contributed by atoms with E-state index in [4.69, 9.17) is 5.11 Å². The molecule has 2 nitrogen and oxygen atoms in total. The molecule has 2 N–H and O–H groups in total. The molecular weight excluding hydrogens is 270 g/mol. The van der Waals surface area contributed by atoms with E-state index in [0.29, 0.717) is 12.0 Å². The van der Waals surface area contributed by atoms with E-state index in [9.17, 15) is 0 Å². The monoisotopic (exact) mass is 299 g/mol. The summed E-state index contributed by atoms with van der Waals surface area (Å²) in [5, 5.41) is 12.0. The lowest BCUT2D eigenvalue weighted by Crippen LogP contribution is -2.19. The lowest BCUT2D eigenvalue weighted by atomic mass is 9.72. The van der Waals surface area contributed by atoms with E-state index >= 15 is 0 Å². The Morgan fingerprint density at radius 2 is 2.09 bits per heavy atom. The third-order valence-electron chi connectivity index (χ3n) is 4.55. The fourth-order valence-electron chi connectivity index (χ4n) is 3.31. The van der Waals surface area contributed by atoms with Crippen molar-refractivity contribution < 1.29 is 5.11 Å². The second kappa shape index (κ2) is 7.75. The molecule has 2 heteroatoms. The first-order valence-corrected chi connectivity index (χ1v) is 8.32. The van der Waals surface area contributed by atoms with E-state index < -0.39 is 0 Å². The summed E-state index contributed by atoms with van der Waals surface area (Å²) in [7, 11) is 0. The molecule has 0 bridgehead atoms. The number of hydrogen-bond acceptors (Lipinski definition) is 2. The molecule has 0 heterocycles. The zero-order valence-electron chi connectivity index (χ0n) is 14.2. The van der Waals surface area contributed by atoms with Gasteiger partial charge in [-0.25, -0.2) is 0 Å². The largest absolute Gasteiger partial charge is 0.395 e. The summed E-state index contributed by atoms with van der Waals surface area (Å²) >= 11 is 0. The van der Waals surface area contributed by atoms with Crippen LogP contribution in [-0.4, -0.2) is 18.3 Å². The summed E-state index contributed by atoms with van der Waals surface area (Å²) in [4.78, 5) is 0. The minimum absolute atomic E-state index is 0.183. The van der Waals surface area contributed by atoms with Crippen molar-refractivity contribution >= 4 is 6.08 Å². The Bertz CT molecular complexity index is 555. The van der Waals surface area contributed by atoms with Gasteiger partial charge in [-0.3, -0.25) is 0 Å². The van der Waals surface area contributed by atoms with Crippen molar-refractivity contribution in [3.05, 3.63) is 52.6 Å². The highest BCUT2D eigenvalue weighted by atomic mass is 16.3. The van der Waals surface area contributed by atoms with Crippen LogP contribution in [0.2, 0.25) is 0 Å². The number of hydrogen-bond donors (Lipinski definition) is 2. The van der Waals surface area contributed by atoms with Crippen LogP contribution >= 0.6 is 0 Å². The quantitative estimate of drug-likeness (QED) is 0.767. The molecule has 1 aliphatic carbocycles. The van der Waals surface area contributed by atoms with Crippen LogP contribution in [0, 0.1) is 5.41 Å². The standard InChI is InChI=1S/C20H29NO/c1-16-6-5-11-20(2,3)19(16)10-9-17-7-4-8-18(14-17)15-21-12-13-22/h4,7-10,14,21-22H,5-6,11-13,15H2,1-3H3. The average Bonchev–Trinajstić information content (AvgIpc) is 2.47. The van der Waals surface area contributed by atoms with Crippen LogP contribution in [-0.2, 0) is 6.54 Å². The molecular formula is C20H29NO. The Morgan fingerprint density at radius 3 is 2.82 bits per heavy atom. The molecule has 0 atom stereocenters. The third kappa shape index (κ3) is 4.56. The molecule has 0 aliphatic heterocycles. The van der Waals surface area contributed by atoms with Crippen molar-refractivity contribution in [1.29, 1.82) is 0 Å². The number of benzene rings is 1. The normalized spacial score (nSPS) is 18.2. The number of allylic oxidation sites excluding steroid dienone is 3. The zero-order valence-corrected chi connectivity index (χ0v) is 14.2. The summed E-state index contributed by atoms with van der Waals surface area (Å²) in [6, 6.07) is 8.59. The molecule has 0 spiro atoms. The first kappa shape index (κ1) is 17.0. The topological polar surface area (TPSA) is 32.3 Å². The maximum absolute atomic E-state index is 8.82. The zero-order chi connectivity index (χ0) is 16.0. The van der Waals surface area contributed by atoms with E-state index in [1.54, 1.807) is 0 Å². The summed E-state index contributed by atoms with van der Waals surface area (Å²) < 4.78 is 0. The van der Waals surface area contributed by atoms with Crippen LogP contribution in [0.5, 0.6) is 0 Å². The predicted molar refractivity (Wildman–Crippen MR) is 94.6 cm³/mol. The molecule has 120 valence electrons. The average molecular weight is 299 g/mol. The Kier molecular flexibility index (Phi) is 5.98. The first-order chi connectivity index (χ1) is 10.5. The van der Waals surface area contributed by atoms with Gasteiger partial charge >= 0.3 is 0 Å². The second-order valence-electron chi connectivity index (χ2n) is 6.91. The lowest BCUT2D eigenvalue weighted by Gasteiger charge is -2.32. The third-order valence-corrected chi connectivity index (χ3v) is 4.55. The SMILES string of the molecule is CC1=C(C=Cc2cccc(CNCCO)c2)C(C)(C)CCC1. The summed E-state index contributed by atoms with van der Waals surface area (Å²) in [5.74, 6) is 0. The van der Waals surface area contributed by atoms with Crippen LogP contribution in [0.15, 0.2) is 41.5 Å². The molecule has 2 rings (SSSR count). The Hall–Kier alpha value is -1.38. The number of aliphatic hydroxyl groups is 1. The molecule has 0 radical (unpaired) electrons. The highest BCUT2D eigenvalue weighted by molar-refractivity contribution is 5.55. The van der Waals surface area contributed by atoms with Gasteiger partial charge in [0.05, 0.1) is 6.61 Å². The van der Waals surface area contributed by atoms with Gasteiger partial charge in [0.2, 0.25) is 0 Å². The fourth-order valence-corrected chi connectivity index (χ4v) is 3.31. The van der Waals surface area contributed by atoms with Gasteiger partial charge < -0.3 is 10.4 Å². The molecule has 1 aliphatic rings. The highest BCUT2D eigenvalue weighted by Gasteiger charge is 2.26. The van der Waals surface area contributed by atoms with Crippen molar-refractivity contribution in [1.82, 2.24) is 5.32 Å². The van der Waals surface area contributed by atoms with Crippen LogP contribution in [0.4, 0.5) is 0 Å². The molecule has 0 saturated heterocycles. The first-order valence-electron chi connectivity index (χ1n) is 8.32. The predicted octanol–water partition coefficient (Wildman–Crippen LogP) is 4.31. The van der Waals surface area contributed by atoms with Gasteiger partial charge in [0.1, 0.15) is 0 Å². The van der Waals surface area contributed by atoms with Crippen LogP contribution < -0.4 is 5.32 Å². The van der Waals surface area contributed by atoms with Gasteiger partial charge in [-0.1, -0.05) is 55.8 Å². The molecule has 22 heavy (non-hydrogen) atoms. The van der Waals surface area contributed by atoms with Gasteiger partial charge in [0.25, 0.3) is 0 Å². The minimum Gasteiger partial charge on any atom is -0.395 e. The van der Waals surface area contributed by atoms with Gasteiger partial charge in [-0.05, 0) is 48.3 Å². The fraction of sp³-hybridized carbons (Fsp3) is 0.500. The molecule has 0 fully saturated rings. The number of aliphatic hydroxyl groups excluding tert-OH is 1. The Morgan fingerprint density at radius 1 is 1.27 bits per heavy atom. The van der Waals surface area contributed by atoms with Gasteiger partial charge in [-0.2, -0.15) is 0 Å². The minimum atomic E-state index is 0.183. The summed E-state index contributed by atoms with van der Waals surface area (Å²) in [6.07, 6.45) is 8.36. The Balaban J connectivity index is 2.11. The van der Waals surface area contributed by atoms with E-state index in [1.807, 2.05) is 0 Å². The van der Waals surface area contributed by atoms with Gasteiger partial charge in [0.15, 0.2) is 0 Å². The number of rotatable bonds is 6. The Labute approximate surface area is 134 Å². The van der Waals surface area contributed by atoms with E-state index in [-0.39, 0.29) is 6.61 Å². The molecule has 1 aromatic rings. The second-order valence-corrected chi connectivity index (χ2v) is 6.91. The van der Waals surface area contributed by atoms with E-state index in [2.05, 4.69) is 62.5 Å². The van der Waals surface area contributed by atoms with Gasteiger partial charge in [-0.15, -0.1) is 0 Å². The van der Waals surface area contributed by atoms with Crippen molar-refractivity contribution in [2.45, 2.75) is 46.6 Å². The summed E-state index contributed by atoms with van der Waals surface area (Å²) in [6.45, 7) is 8.60. The maximum Gasteiger partial charge on any atom is 0.0556 e. The van der Waals surface area contributed by atoms with Crippen molar-refractivity contribution in [2.24, 2.45) is 5.41 Å².